The van der Waals surface area contributed by atoms with E-state index in [1.807, 2.05) is 6.07 Å². The summed E-state index contributed by atoms with van der Waals surface area (Å²) in [6.45, 7) is 1.00. The number of nitrogens with zero attached hydrogens (tertiary/aromatic N) is 2. The summed E-state index contributed by atoms with van der Waals surface area (Å²) >= 11 is 7.44. The highest BCUT2D eigenvalue weighted by molar-refractivity contribution is 7.13. The van der Waals surface area contributed by atoms with Crippen LogP contribution in [0.15, 0.2) is 35.8 Å². The molecule has 0 saturated carbocycles. The van der Waals surface area contributed by atoms with Crippen molar-refractivity contribution in [2.24, 2.45) is 5.92 Å². The largest absolute Gasteiger partial charge is 0.324 e. The third-order valence-corrected chi connectivity index (χ3v) is 4.88. The fourth-order valence-electron chi connectivity index (χ4n) is 2.63. The van der Waals surface area contributed by atoms with E-state index in [-0.39, 0.29) is 17.9 Å². The topological polar surface area (TPSA) is 74.3 Å². The first-order valence-electron chi connectivity index (χ1n) is 7.64. The summed E-state index contributed by atoms with van der Waals surface area (Å²) in [6.07, 6.45) is 3.18. The number of halogens is 1. The van der Waals surface area contributed by atoms with Crippen LogP contribution in [0.1, 0.15) is 12.8 Å². The first-order valence-corrected chi connectivity index (χ1v) is 8.90. The van der Waals surface area contributed by atoms with Crippen LogP contribution in [0.25, 0.3) is 0 Å². The number of amides is 3. The van der Waals surface area contributed by atoms with Crippen LogP contribution in [0.3, 0.4) is 0 Å². The van der Waals surface area contributed by atoms with E-state index in [1.165, 1.54) is 11.3 Å². The predicted molar refractivity (Wildman–Crippen MR) is 95.5 cm³/mol. The SMILES string of the molecule is O=C(Nc1nccs1)[C@@H]1CCCN(C(=O)Nc2ccccc2Cl)C1. The second-order valence-corrected chi connectivity index (χ2v) is 6.82. The first kappa shape index (κ1) is 16.7. The number of anilines is 2. The minimum atomic E-state index is -0.241. The van der Waals surface area contributed by atoms with Gasteiger partial charge in [0, 0.05) is 24.7 Å². The van der Waals surface area contributed by atoms with Crippen molar-refractivity contribution in [3.05, 3.63) is 40.9 Å². The molecule has 1 aromatic heterocycles. The van der Waals surface area contributed by atoms with E-state index in [4.69, 9.17) is 11.6 Å². The predicted octanol–water partition coefficient (Wildman–Crippen LogP) is 3.68. The number of carbonyl (C=O) groups excluding carboxylic acids is 2. The number of para-hydroxylation sites is 1. The summed E-state index contributed by atoms with van der Waals surface area (Å²) in [7, 11) is 0. The minimum absolute atomic E-state index is 0.0970. The highest BCUT2D eigenvalue weighted by atomic mass is 35.5. The van der Waals surface area contributed by atoms with Gasteiger partial charge in [-0.25, -0.2) is 9.78 Å². The molecule has 1 aliphatic heterocycles. The average Bonchev–Trinajstić information content (AvgIpc) is 3.10. The number of benzene rings is 1. The number of likely N-dealkylation sites (tertiary alicyclic amines) is 1. The van der Waals surface area contributed by atoms with Gasteiger partial charge in [-0.1, -0.05) is 23.7 Å². The van der Waals surface area contributed by atoms with Gasteiger partial charge in [0.25, 0.3) is 0 Å². The van der Waals surface area contributed by atoms with Crippen LogP contribution in [0, 0.1) is 5.92 Å². The Kier molecular flexibility index (Phi) is 5.32. The molecule has 1 fully saturated rings. The fourth-order valence-corrected chi connectivity index (χ4v) is 3.34. The number of nitrogens with one attached hydrogen (secondary N) is 2. The van der Waals surface area contributed by atoms with Crippen LogP contribution >= 0.6 is 22.9 Å². The number of aromatic nitrogens is 1. The van der Waals surface area contributed by atoms with Gasteiger partial charge in [0.05, 0.1) is 16.6 Å². The Labute approximate surface area is 148 Å². The van der Waals surface area contributed by atoms with Crippen molar-refractivity contribution in [1.82, 2.24) is 9.88 Å². The van der Waals surface area contributed by atoms with Gasteiger partial charge in [-0.05, 0) is 25.0 Å². The second kappa shape index (κ2) is 7.63. The zero-order chi connectivity index (χ0) is 16.9. The number of hydrogen-bond acceptors (Lipinski definition) is 4. The maximum atomic E-state index is 12.4. The van der Waals surface area contributed by atoms with E-state index in [9.17, 15) is 9.59 Å². The number of thiazole rings is 1. The lowest BCUT2D eigenvalue weighted by atomic mass is 9.97. The summed E-state index contributed by atoms with van der Waals surface area (Å²) in [5.41, 5.74) is 0.568. The Bertz CT molecular complexity index is 723. The Morgan fingerprint density at radius 3 is 2.88 bits per heavy atom. The molecular weight excluding hydrogens is 348 g/mol. The molecule has 8 heteroatoms. The van der Waals surface area contributed by atoms with E-state index in [0.717, 1.165) is 12.8 Å². The van der Waals surface area contributed by atoms with Gasteiger partial charge in [0.1, 0.15) is 0 Å². The molecule has 1 saturated heterocycles. The van der Waals surface area contributed by atoms with Crippen LogP contribution in [0.2, 0.25) is 5.02 Å². The average molecular weight is 365 g/mol. The number of urea groups is 1. The van der Waals surface area contributed by atoms with E-state index < -0.39 is 0 Å². The summed E-state index contributed by atoms with van der Waals surface area (Å²) in [6, 6.07) is 6.84. The molecule has 0 aliphatic carbocycles. The van der Waals surface area contributed by atoms with Gasteiger partial charge < -0.3 is 15.5 Å². The molecular formula is C16H17ClN4O2S. The van der Waals surface area contributed by atoms with Gasteiger partial charge >= 0.3 is 6.03 Å². The lowest BCUT2D eigenvalue weighted by molar-refractivity contribution is -0.121. The molecule has 0 unspecified atom stereocenters. The van der Waals surface area contributed by atoms with E-state index in [1.54, 1.807) is 34.7 Å². The zero-order valence-electron chi connectivity index (χ0n) is 12.9. The zero-order valence-corrected chi connectivity index (χ0v) is 14.4. The van der Waals surface area contributed by atoms with Crippen LogP contribution in [0.5, 0.6) is 0 Å². The molecule has 3 rings (SSSR count). The third-order valence-electron chi connectivity index (χ3n) is 3.86. The maximum Gasteiger partial charge on any atom is 0.321 e. The number of hydrogen-bond donors (Lipinski definition) is 2. The molecule has 1 aliphatic rings. The number of rotatable bonds is 3. The number of piperidine rings is 1. The standard InChI is InChI=1S/C16H17ClN4O2S/c17-12-5-1-2-6-13(12)19-16(23)21-8-3-4-11(10-21)14(22)20-15-18-7-9-24-15/h1-2,5-7,9,11H,3-4,8,10H2,(H,19,23)(H,18,20,22)/t11-/m1/s1. The van der Waals surface area contributed by atoms with E-state index >= 15 is 0 Å². The molecule has 2 aromatic rings. The highest BCUT2D eigenvalue weighted by Gasteiger charge is 2.29. The van der Waals surface area contributed by atoms with E-state index in [0.29, 0.717) is 28.9 Å². The van der Waals surface area contributed by atoms with Crippen molar-refractivity contribution >= 4 is 45.7 Å². The Morgan fingerprint density at radius 1 is 1.29 bits per heavy atom. The highest BCUT2D eigenvalue weighted by Crippen LogP contribution is 2.23. The van der Waals surface area contributed by atoms with Crippen LogP contribution in [-0.2, 0) is 4.79 Å². The Balaban J connectivity index is 1.59. The van der Waals surface area contributed by atoms with Gasteiger partial charge in [-0.2, -0.15) is 0 Å². The molecule has 6 nitrogen and oxygen atoms in total. The fraction of sp³-hybridized carbons (Fsp3) is 0.312. The van der Waals surface area contributed by atoms with Crippen molar-refractivity contribution in [2.45, 2.75) is 12.8 Å². The molecule has 0 bridgehead atoms. The van der Waals surface area contributed by atoms with Gasteiger partial charge in [-0.3, -0.25) is 4.79 Å². The quantitative estimate of drug-likeness (QED) is 0.872. The molecule has 24 heavy (non-hydrogen) atoms. The lowest BCUT2D eigenvalue weighted by Crippen LogP contribution is -2.45. The lowest BCUT2D eigenvalue weighted by Gasteiger charge is -2.32. The molecule has 3 amide bonds. The van der Waals surface area contributed by atoms with Crippen molar-refractivity contribution in [3.8, 4) is 0 Å². The van der Waals surface area contributed by atoms with Crippen LogP contribution in [-0.4, -0.2) is 34.9 Å². The molecule has 2 heterocycles. The van der Waals surface area contributed by atoms with Gasteiger partial charge in [-0.15, -0.1) is 11.3 Å². The summed E-state index contributed by atoms with van der Waals surface area (Å²) in [4.78, 5) is 30.4. The molecule has 0 spiro atoms. The molecule has 2 N–H and O–H groups in total. The van der Waals surface area contributed by atoms with Gasteiger partial charge in [0.15, 0.2) is 5.13 Å². The smallest absolute Gasteiger partial charge is 0.321 e. The van der Waals surface area contributed by atoms with Crippen molar-refractivity contribution < 1.29 is 9.59 Å². The van der Waals surface area contributed by atoms with Crippen molar-refractivity contribution in [2.75, 3.05) is 23.7 Å². The third kappa shape index (κ3) is 4.04. The Hall–Kier alpha value is -2.12. The van der Waals surface area contributed by atoms with Crippen LogP contribution < -0.4 is 10.6 Å². The summed E-state index contributed by atoms with van der Waals surface area (Å²) in [5, 5.41) is 8.47. The number of carbonyl (C=O) groups is 2. The van der Waals surface area contributed by atoms with Gasteiger partial charge in [0.2, 0.25) is 5.91 Å². The minimum Gasteiger partial charge on any atom is -0.324 e. The molecule has 126 valence electrons. The van der Waals surface area contributed by atoms with Crippen molar-refractivity contribution in [3.63, 3.8) is 0 Å². The monoisotopic (exact) mass is 364 g/mol. The molecule has 0 radical (unpaired) electrons. The first-order chi connectivity index (χ1) is 11.6. The van der Waals surface area contributed by atoms with E-state index in [2.05, 4.69) is 15.6 Å². The normalized spacial score (nSPS) is 17.4. The summed E-state index contributed by atoms with van der Waals surface area (Å²) in [5.74, 6) is -0.333. The maximum absolute atomic E-state index is 12.4. The molecule has 1 aromatic carbocycles. The second-order valence-electron chi connectivity index (χ2n) is 5.52. The molecule has 1 atom stereocenters. The Morgan fingerprint density at radius 2 is 2.12 bits per heavy atom. The van der Waals surface area contributed by atoms with Crippen molar-refractivity contribution in [1.29, 1.82) is 0 Å². The summed E-state index contributed by atoms with van der Waals surface area (Å²) < 4.78 is 0. The van der Waals surface area contributed by atoms with Crippen LogP contribution in [0.4, 0.5) is 15.6 Å².